The molecule has 0 aromatic heterocycles. The van der Waals surface area contributed by atoms with Gasteiger partial charge in [0.05, 0.1) is 12.1 Å². The number of hydrogen-bond acceptors (Lipinski definition) is 4. The van der Waals surface area contributed by atoms with Crippen molar-refractivity contribution in [2.75, 3.05) is 11.9 Å². The lowest BCUT2D eigenvalue weighted by molar-refractivity contribution is -0.147. The van der Waals surface area contributed by atoms with E-state index in [2.05, 4.69) is 5.32 Å². The molecule has 1 aliphatic heterocycles. The number of rotatable bonds is 6. The third-order valence-electron chi connectivity index (χ3n) is 3.82. The molecule has 7 heteroatoms. The molecule has 0 spiro atoms. The Labute approximate surface area is 134 Å². The van der Waals surface area contributed by atoms with Gasteiger partial charge in [-0.05, 0) is 25.5 Å². The summed E-state index contributed by atoms with van der Waals surface area (Å²) in [6.07, 6.45) is -0.532. The molecule has 2 amide bonds. The monoisotopic (exact) mass is 320 g/mol. The van der Waals surface area contributed by atoms with Crippen molar-refractivity contribution in [3.05, 3.63) is 24.3 Å². The summed E-state index contributed by atoms with van der Waals surface area (Å²) in [7, 11) is 0. The predicted molar refractivity (Wildman–Crippen MR) is 83.2 cm³/mol. The Morgan fingerprint density at radius 2 is 2.09 bits per heavy atom. The third kappa shape index (κ3) is 4.00. The quantitative estimate of drug-likeness (QED) is 0.828. The number of para-hydroxylation sites is 2. The van der Waals surface area contributed by atoms with E-state index in [9.17, 15) is 14.4 Å². The first-order valence-corrected chi connectivity index (χ1v) is 7.50. The first-order valence-electron chi connectivity index (χ1n) is 7.50. The van der Waals surface area contributed by atoms with E-state index in [1.807, 2.05) is 6.92 Å². The van der Waals surface area contributed by atoms with E-state index >= 15 is 0 Å². The molecular weight excluding hydrogens is 300 g/mol. The van der Waals surface area contributed by atoms with E-state index in [0.717, 1.165) is 0 Å². The van der Waals surface area contributed by atoms with E-state index < -0.39 is 30.4 Å². The van der Waals surface area contributed by atoms with Gasteiger partial charge in [0.15, 0.2) is 6.10 Å². The summed E-state index contributed by atoms with van der Waals surface area (Å²) in [4.78, 5) is 36.7. The van der Waals surface area contributed by atoms with Crippen LogP contribution in [0.25, 0.3) is 0 Å². The molecule has 1 aromatic rings. The van der Waals surface area contributed by atoms with Gasteiger partial charge >= 0.3 is 5.97 Å². The van der Waals surface area contributed by atoms with E-state index in [0.29, 0.717) is 17.9 Å². The van der Waals surface area contributed by atoms with Crippen molar-refractivity contribution >= 4 is 23.5 Å². The number of anilines is 1. The van der Waals surface area contributed by atoms with Crippen LogP contribution in [0.2, 0.25) is 0 Å². The summed E-state index contributed by atoms with van der Waals surface area (Å²) in [5.41, 5.74) is 0.561. The molecule has 1 aromatic carbocycles. The number of aliphatic carboxylic acids is 1. The number of ether oxygens (including phenoxy) is 1. The molecule has 0 saturated carbocycles. The average molecular weight is 320 g/mol. The van der Waals surface area contributed by atoms with Crippen LogP contribution in [-0.2, 0) is 14.4 Å². The van der Waals surface area contributed by atoms with E-state index in [1.54, 1.807) is 31.2 Å². The third-order valence-corrected chi connectivity index (χ3v) is 3.82. The predicted octanol–water partition coefficient (Wildman–Crippen LogP) is 1.49. The number of hydrogen-bond donors (Lipinski definition) is 2. The van der Waals surface area contributed by atoms with Gasteiger partial charge < -0.3 is 20.1 Å². The zero-order valence-corrected chi connectivity index (χ0v) is 13.1. The highest BCUT2D eigenvalue weighted by Gasteiger charge is 2.32. The second kappa shape index (κ2) is 7.13. The van der Waals surface area contributed by atoms with Gasteiger partial charge in [0, 0.05) is 6.04 Å². The van der Waals surface area contributed by atoms with Crippen molar-refractivity contribution < 1.29 is 24.2 Å². The zero-order valence-electron chi connectivity index (χ0n) is 13.1. The van der Waals surface area contributed by atoms with Crippen LogP contribution in [0, 0.1) is 0 Å². The summed E-state index contributed by atoms with van der Waals surface area (Å²) in [6, 6.07) is 6.73. The zero-order chi connectivity index (χ0) is 17.0. The largest absolute Gasteiger partial charge is 0.480 e. The molecule has 0 fully saturated rings. The lowest BCUT2D eigenvalue weighted by Crippen LogP contribution is -2.46. The van der Waals surface area contributed by atoms with Crippen molar-refractivity contribution in [1.82, 2.24) is 4.90 Å². The number of carbonyl (C=O) groups is 3. The van der Waals surface area contributed by atoms with Gasteiger partial charge in [-0.25, -0.2) is 0 Å². The maximum atomic E-state index is 12.4. The molecule has 2 N–H and O–H groups in total. The van der Waals surface area contributed by atoms with E-state index in [4.69, 9.17) is 9.84 Å². The van der Waals surface area contributed by atoms with Crippen LogP contribution in [0.3, 0.4) is 0 Å². The highest BCUT2D eigenvalue weighted by molar-refractivity contribution is 6.00. The Balaban J connectivity index is 2.09. The van der Waals surface area contributed by atoms with Crippen molar-refractivity contribution in [3.8, 4) is 5.75 Å². The lowest BCUT2D eigenvalue weighted by Gasteiger charge is -2.30. The van der Waals surface area contributed by atoms with Crippen LogP contribution in [0.4, 0.5) is 5.69 Å². The van der Waals surface area contributed by atoms with Gasteiger partial charge in [-0.3, -0.25) is 14.4 Å². The first-order chi connectivity index (χ1) is 10.9. The summed E-state index contributed by atoms with van der Waals surface area (Å²) < 4.78 is 5.58. The standard InChI is InChI=1S/C16H20N2O5/c1-3-10(2)18(9-15(20)21)14(19)8-13-16(22)17-11-6-4-5-7-12(11)23-13/h4-7,10,13H,3,8-9H2,1-2H3,(H,17,22)(H,20,21). The van der Waals surface area contributed by atoms with Crippen molar-refractivity contribution in [2.24, 2.45) is 0 Å². The highest BCUT2D eigenvalue weighted by atomic mass is 16.5. The second-order valence-corrected chi connectivity index (χ2v) is 5.47. The van der Waals surface area contributed by atoms with Crippen LogP contribution in [0.15, 0.2) is 24.3 Å². The molecule has 0 saturated heterocycles. The molecule has 7 nitrogen and oxygen atoms in total. The molecule has 0 aliphatic carbocycles. The number of fused-ring (bicyclic) bond motifs is 1. The summed E-state index contributed by atoms with van der Waals surface area (Å²) in [5, 5.41) is 11.6. The van der Waals surface area contributed by atoms with Gasteiger partial charge in [-0.1, -0.05) is 19.1 Å². The number of carboxylic acid groups (broad SMARTS) is 1. The van der Waals surface area contributed by atoms with Gasteiger partial charge in [0.1, 0.15) is 12.3 Å². The number of amides is 2. The number of nitrogens with one attached hydrogen (secondary N) is 1. The minimum absolute atomic E-state index is 0.197. The Kier molecular flexibility index (Phi) is 5.20. The first kappa shape index (κ1) is 16.8. The minimum atomic E-state index is -1.09. The lowest BCUT2D eigenvalue weighted by atomic mass is 10.1. The average Bonchev–Trinajstić information content (AvgIpc) is 2.52. The normalized spacial score (nSPS) is 17.5. The summed E-state index contributed by atoms with van der Waals surface area (Å²) in [5.74, 6) is -1.41. The molecule has 23 heavy (non-hydrogen) atoms. The van der Waals surface area contributed by atoms with Crippen LogP contribution in [0.5, 0.6) is 5.75 Å². The Morgan fingerprint density at radius 1 is 1.39 bits per heavy atom. The van der Waals surface area contributed by atoms with Crippen molar-refractivity contribution in [3.63, 3.8) is 0 Å². The fourth-order valence-corrected chi connectivity index (χ4v) is 2.36. The van der Waals surface area contributed by atoms with Gasteiger partial charge in [-0.2, -0.15) is 0 Å². The SMILES string of the molecule is CCC(C)N(CC(=O)O)C(=O)CC1Oc2ccccc2NC1=O. The van der Waals surface area contributed by atoms with Crippen LogP contribution in [-0.4, -0.2) is 46.5 Å². The van der Waals surface area contributed by atoms with Gasteiger partial charge in [0.2, 0.25) is 5.91 Å². The molecule has 2 unspecified atom stereocenters. The van der Waals surface area contributed by atoms with Gasteiger partial charge in [0.25, 0.3) is 5.91 Å². The van der Waals surface area contributed by atoms with Crippen LogP contribution < -0.4 is 10.1 Å². The maximum Gasteiger partial charge on any atom is 0.323 e. The van der Waals surface area contributed by atoms with Crippen LogP contribution >= 0.6 is 0 Å². The number of benzene rings is 1. The molecular formula is C16H20N2O5. The molecule has 124 valence electrons. The summed E-state index contributed by atoms with van der Waals surface area (Å²) in [6.45, 7) is 3.25. The Morgan fingerprint density at radius 3 is 2.74 bits per heavy atom. The smallest absolute Gasteiger partial charge is 0.323 e. The fourth-order valence-electron chi connectivity index (χ4n) is 2.36. The fraction of sp³-hybridized carbons (Fsp3) is 0.438. The number of carboxylic acids is 1. The number of nitrogens with zero attached hydrogens (tertiary/aromatic N) is 1. The van der Waals surface area contributed by atoms with E-state index in [1.165, 1.54) is 4.90 Å². The highest BCUT2D eigenvalue weighted by Crippen LogP contribution is 2.29. The molecule has 1 aliphatic rings. The molecule has 0 radical (unpaired) electrons. The molecule has 2 atom stereocenters. The molecule has 1 heterocycles. The summed E-state index contributed by atoms with van der Waals surface area (Å²) >= 11 is 0. The van der Waals surface area contributed by atoms with Gasteiger partial charge in [-0.15, -0.1) is 0 Å². The van der Waals surface area contributed by atoms with Crippen molar-refractivity contribution in [2.45, 2.75) is 38.8 Å². The van der Waals surface area contributed by atoms with Crippen LogP contribution in [0.1, 0.15) is 26.7 Å². The van der Waals surface area contributed by atoms with E-state index in [-0.39, 0.29) is 12.5 Å². The second-order valence-electron chi connectivity index (χ2n) is 5.47. The maximum absolute atomic E-state index is 12.4. The Bertz CT molecular complexity index is 616. The number of carbonyl (C=O) groups excluding carboxylic acids is 2. The molecule has 0 bridgehead atoms. The Hall–Kier alpha value is -2.57. The topological polar surface area (TPSA) is 95.9 Å². The van der Waals surface area contributed by atoms with Crippen molar-refractivity contribution in [1.29, 1.82) is 0 Å². The molecule has 2 rings (SSSR count). The minimum Gasteiger partial charge on any atom is -0.480 e.